The molecule has 0 aromatic carbocycles. The highest BCUT2D eigenvalue weighted by molar-refractivity contribution is 5.50. The van der Waals surface area contributed by atoms with Crippen molar-refractivity contribution in [3.05, 3.63) is 30.4 Å². The predicted octanol–water partition coefficient (Wildman–Crippen LogP) is 2.09. The van der Waals surface area contributed by atoms with Crippen molar-refractivity contribution in [3.8, 4) is 11.5 Å². The van der Waals surface area contributed by atoms with Gasteiger partial charge in [0.25, 0.3) is 0 Å². The van der Waals surface area contributed by atoms with Gasteiger partial charge in [-0.05, 0) is 31.5 Å². The molecule has 3 rings (SSSR count). The first-order chi connectivity index (χ1) is 7.43. The van der Waals surface area contributed by atoms with Crippen LogP contribution >= 0.6 is 0 Å². The van der Waals surface area contributed by atoms with Crippen LogP contribution in [-0.4, -0.2) is 16.5 Å². The Hall–Kier alpha value is -1.55. The standard InChI is InChI=1S/C11H13N3O/c1-3-8(12-5-1)11-13-7-9(14-11)10-4-2-6-15-10/h2,4,6-8,12H,1,3,5H2,(H,13,14)/t8-/m0/s1. The Bertz CT molecular complexity index is 426. The van der Waals surface area contributed by atoms with E-state index in [-0.39, 0.29) is 0 Å². The van der Waals surface area contributed by atoms with Gasteiger partial charge >= 0.3 is 0 Å². The van der Waals surface area contributed by atoms with Crippen LogP contribution in [-0.2, 0) is 0 Å². The van der Waals surface area contributed by atoms with E-state index in [2.05, 4.69) is 15.3 Å². The predicted molar refractivity (Wildman–Crippen MR) is 56.3 cm³/mol. The number of aromatic nitrogens is 2. The van der Waals surface area contributed by atoms with Crippen LogP contribution < -0.4 is 5.32 Å². The first-order valence-electron chi connectivity index (χ1n) is 5.25. The molecule has 0 radical (unpaired) electrons. The lowest BCUT2D eigenvalue weighted by molar-refractivity contribution is 0.578. The molecule has 0 amide bonds. The maximum atomic E-state index is 5.30. The van der Waals surface area contributed by atoms with E-state index in [1.807, 2.05) is 18.3 Å². The molecule has 1 aliphatic rings. The van der Waals surface area contributed by atoms with E-state index in [1.54, 1.807) is 6.26 Å². The molecule has 1 aliphatic heterocycles. The van der Waals surface area contributed by atoms with Crippen molar-refractivity contribution in [2.45, 2.75) is 18.9 Å². The van der Waals surface area contributed by atoms with Crippen LogP contribution in [0.1, 0.15) is 24.7 Å². The minimum absolute atomic E-state index is 0.383. The summed E-state index contributed by atoms with van der Waals surface area (Å²) in [5.74, 6) is 1.85. The minimum Gasteiger partial charge on any atom is -0.463 e. The highest BCUT2D eigenvalue weighted by Crippen LogP contribution is 2.23. The van der Waals surface area contributed by atoms with E-state index in [0.717, 1.165) is 30.2 Å². The molecule has 4 nitrogen and oxygen atoms in total. The van der Waals surface area contributed by atoms with E-state index in [9.17, 15) is 0 Å². The van der Waals surface area contributed by atoms with Crippen LogP contribution in [0, 0.1) is 0 Å². The molecule has 0 saturated carbocycles. The lowest BCUT2D eigenvalue weighted by Gasteiger charge is -2.04. The Labute approximate surface area is 87.7 Å². The molecule has 2 N–H and O–H groups in total. The number of furan rings is 1. The molecule has 2 aromatic rings. The maximum Gasteiger partial charge on any atom is 0.151 e. The fourth-order valence-electron chi connectivity index (χ4n) is 1.99. The molecule has 1 saturated heterocycles. The zero-order valence-electron chi connectivity index (χ0n) is 8.36. The SMILES string of the molecule is c1coc(-c2cnc([C@@H]3CCCN3)[nH]2)c1. The Morgan fingerprint density at radius 3 is 3.20 bits per heavy atom. The molecule has 78 valence electrons. The number of aromatic amines is 1. The van der Waals surface area contributed by atoms with Gasteiger partial charge in [0.15, 0.2) is 5.76 Å². The number of hydrogen-bond acceptors (Lipinski definition) is 3. The van der Waals surface area contributed by atoms with E-state index in [1.165, 1.54) is 6.42 Å². The summed E-state index contributed by atoms with van der Waals surface area (Å²) in [5.41, 5.74) is 0.948. The summed E-state index contributed by atoms with van der Waals surface area (Å²) in [6.07, 6.45) is 5.88. The van der Waals surface area contributed by atoms with E-state index in [0.29, 0.717) is 6.04 Å². The maximum absolute atomic E-state index is 5.30. The molecule has 0 spiro atoms. The molecule has 1 atom stereocenters. The second-order valence-corrected chi connectivity index (χ2v) is 3.81. The lowest BCUT2D eigenvalue weighted by Crippen LogP contribution is -2.14. The van der Waals surface area contributed by atoms with E-state index < -0.39 is 0 Å². The van der Waals surface area contributed by atoms with Crippen molar-refractivity contribution in [1.82, 2.24) is 15.3 Å². The monoisotopic (exact) mass is 203 g/mol. The normalized spacial score (nSPS) is 20.9. The van der Waals surface area contributed by atoms with Gasteiger partial charge in [0.2, 0.25) is 0 Å². The molecule has 0 bridgehead atoms. The molecule has 4 heteroatoms. The van der Waals surface area contributed by atoms with E-state index in [4.69, 9.17) is 4.42 Å². The van der Waals surface area contributed by atoms with Crippen LogP contribution in [0.2, 0.25) is 0 Å². The quantitative estimate of drug-likeness (QED) is 0.785. The average molecular weight is 203 g/mol. The molecule has 2 aromatic heterocycles. The molecule has 1 fully saturated rings. The number of rotatable bonds is 2. The third-order valence-electron chi connectivity index (χ3n) is 2.77. The molecular formula is C11H13N3O. The fraction of sp³-hybridized carbons (Fsp3) is 0.364. The van der Waals surface area contributed by atoms with Gasteiger partial charge in [-0.15, -0.1) is 0 Å². The van der Waals surface area contributed by atoms with Gasteiger partial charge < -0.3 is 14.7 Å². The number of hydrogen-bond donors (Lipinski definition) is 2. The second kappa shape index (κ2) is 3.55. The fourth-order valence-corrected chi connectivity index (χ4v) is 1.99. The van der Waals surface area contributed by atoms with Crippen LogP contribution in [0.5, 0.6) is 0 Å². The summed E-state index contributed by atoms with van der Waals surface area (Å²) >= 11 is 0. The first kappa shape index (κ1) is 8.73. The van der Waals surface area contributed by atoms with Crippen LogP contribution in [0.25, 0.3) is 11.5 Å². The Balaban J connectivity index is 1.87. The van der Waals surface area contributed by atoms with Crippen molar-refractivity contribution >= 4 is 0 Å². The Morgan fingerprint density at radius 2 is 2.47 bits per heavy atom. The third kappa shape index (κ3) is 1.57. The summed E-state index contributed by atoms with van der Waals surface area (Å²) in [6, 6.07) is 4.19. The van der Waals surface area contributed by atoms with Gasteiger partial charge in [-0.25, -0.2) is 4.98 Å². The zero-order chi connectivity index (χ0) is 10.1. The number of nitrogens with one attached hydrogen (secondary N) is 2. The van der Waals surface area contributed by atoms with Crippen molar-refractivity contribution in [1.29, 1.82) is 0 Å². The molecule has 0 unspecified atom stereocenters. The summed E-state index contributed by atoms with van der Waals surface area (Å²) in [5, 5.41) is 3.41. The third-order valence-corrected chi connectivity index (χ3v) is 2.77. The number of H-pyrrole nitrogens is 1. The van der Waals surface area contributed by atoms with E-state index >= 15 is 0 Å². The summed E-state index contributed by atoms with van der Waals surface area (Å²) in [6.45, 7) is 1.08. The zero-order valence-corrected chi connectivity index (χ0v) is 8.36. The topological polar surface area (TPSA) is 53.9 Å². The van der Waals surface area contributed by atoms with Crippen molar-refractivity contribution in [2.75, 3.05) is 6.54 Å². The summed E-state index contributed by atoms with van der Waals surface area (Å²) in [7, 11) is 0. The van der Waals surface area contributed by atoms with Crippen molar-refractivity contribution < 1.29 is 4.42 Å². The smallest absolute Gasteiger partial charge is 0.151 e. The molecular weight excluding hydrogens is 190 g/mol. The minimum atomic E-state index is 0.383. The van der Waals surface area contributed by atoms with Crippen LogP contribution in [0.3, 0.4) is 0 Å². The van der Waals surface area contributed by atoms with Gasteiger partial charge in [-0.1, -0.05) is 0 Å². The van der Waals surface area contributed by atoms with Gasteiger partial charge in [0.1, 0.15) is 11.5 Å². The largest absolute Gasteiger partial charge is 0.463 e. The van der Waals surface area contributed by atoms with Crippen molar-refractivity contribution in [3.63, 3.8) is 0 Å². The Kier molecular flexibility index (Phi) is 2.07. The molecule has 0 aliphatic carbocycles. The van der Waals surface area contributed by atoms with Gasteiger partial charge in [0.05, 0.1) is 18.5 Å². The van der Waals surface area contributed by atoms with Gasteiger partial charge in [-0.2, -0.15) is 0 Å². The highest BCUT2D eigenvalue weighted by atomic mass is 16.3. The molecule has 15 heavy (non-hydrogen) atoms. The van der Waals surface area contributed by atoms with Crippen molar-refractivity contribution in [2.24, 2.45) is 0 Å². The summed E-state index contributed by atoms with van der Waals surface area (Å²) < 4.78 is 5.30. The Morgan fingerprint density at radius 1 is 1.47 bits per heavy atom. The molecule has 3 heterocycles. The van der Waals surface area contributed by atoms with Gasteiger partial charge in [-0.3, -0.25) is 0 Å². The number of imidazole rings is 1. The summed E-state index contributed by atoms with van der Waals surface area (Å²) in [4.78, 5) is 7.67. The second-order valence-electron chi connectivity index (χ2n) is 3.81. The van der Waals surface area contributed by atoms with Gasteiger partial charge in [0, 0.05) is 0 Å². The highest BCUT2D eigenvalue weighted by Gasteiger charge is 2.19. The average Bonchev–Trinajstić information content (AvgIpc) is 3.02. The number of nitrogens with zero attached hydrogens (tertiary/aromatic N) is 1. The van der Waals surface area contributed by atoms with Crippen LogP contribution in [0.15, 0.2) is 29.0 Å². The lowest BCUT2D eigenvalue weighted by atomic mass is 10.2. The van der Waals surface area contributed by atoms with Crippen LogP contribution in [0.4, 0.5) is 0 Å². The first-order valence-corrected chi connectivity index (χ1v) is 5.25.